The standard InChI is InChI=1S/C29H30N4O3/c1-19-13-20(2)27(21(3)14-19)31-26(34)16-30-29(35)25-18-33(17-22-9-6-5-7-10-22)32-28(25)23-11-8-12-24(15-23)36-4/h5-15,18H,16-17H2,1-4H3,(H,30,35)(H,31,34). The van der Waals surface area contributed by atoms with Crippen LogP contribution >= 0.6 is 0 Å². The molecule has 0 atom stereocenters. The van der Waals surface area contributed by atoms with Gasteiger partial charge in [-0.15, -0.1) is 0 Å². The molecular weight excluding hydrogens is 452 g/mol. The van der Waals surface area contributed by atoms with Crippen molar-refractivity contribution in [2.75, 3.05) is 19.0 Å². The number of amides is 2. The van der Waals surface area contributed by atoms with Crippen LogP contribution in [0.3, 0.4) is 0 Å². The molecule has 0 saturated carbocycles. The highest BCUT2D eigenvalue weighted by molar-refractivity contribution is 6.03. The van der Waals surface area contributed by atoms with Gasteiger partial charge in [0.25, 0.3) is 5.91 Å². The smallest absolute Gasteiger partial charge is 0.255 e. The van der Waals surface area contributed by atoms with Crippen LogP contribution in [0.25, 0.3) is 11.3 Å². The van der Waals surface area contributed by atoms with Gasteiger partial charge in [-0.25, -0.2) is 0 Å². The van der Waals surface area contributed by atoms with Gasteiger partial charge >= 0.3 is 0 Å². The highest BCUT2D eigenvalue weighted by atomic mass is 16.5. The Morgan fingerprint density at radius 3 is 2.36 bits per heavy atom. The van der Waals surface area contributed by atoms with Crippen molar-refractivity contribution < 1.29 is 14.3 Å². The maximum atomic E-state index is 13.2. The van der Waals surface area contributed by atoms with Crippen molar-refractivity contribution in [2.45, 2.75) is 27.3 Å². The van der Waals surface area contributed by atoms with Crippen LogP contribution in [-0.2, 0) is 11.3 Å². The normalized spacial score (nSPS) is 10.7. The average molecular weight is 483 g/mol. The molecule has 0 aliphatic heterocycles. The van der Waals surface area contributed by atoms with Gasteiger partial charge in [0.05, 0.1) is 25.8 Å². The maximum absolute atomic E-state index is 13.2. The molecule has 0 fully saturated rings. The van der Waals surface area contributed by atoms with E-state index in [9.17, 15) is 9.59 Å². The number of ether oxygens (including phenoxy) is 1. The first kappa shape index (κ1) is 24.7. The second kappa shape index (κ2) is 10.9. The Balaban J connectivity index is 1.55. The Bertz CT molecular complexity index is 1370. The van der Waals surface area contributed by atoms with E-state index in [2.05, 4.69) is 10.6 Å². The Hall–Kier alpha value is -4.39. The summed E-state index contributed by atoms with van der Waals surface area (Å²) < 4.78 is 7.09. The minimum atomic E-state index is -0.375. The largest absolute Gasteiger partial charge is 0.497 e. The van der Waals surface area contributed by atoms with Gasteiger partial charge in [0.2, 0.25) is 5.91 Å². The molecule has 7 nitrogen and oxygen atoms in total. The van der Waals surface area contributed by atoms with E-state index < -0.39 is 0 Å². The first-order valence-corrected chi connectivity index (χ1v) is 11.8. The van der Waals surface area contributed by atoms with Gasteiger partial charge in [0.15, 0.2) is 0 Å². The zero-order chi connectivity index (χ0) is 25.7. The molecule has 0 aliphatic carbocycles. The van der Waals surface area contributed by atoms with Crippen molar-refractivity contribution in [3.05, 3.63) is 101 Å². The summed E-state index contributed by atoms with van der Waals surface area (Å²) in [5.74, 6) is -0.00248. The third-order valence-electron chi connectivity index (χ3n) is 5.89. The Morgan fingerprint density at radius 1 is 0.944 bits per heavy atom. The summed E-state index contributed by atoms with van der Waals surface area (Å²) >= 11 is 0. The number of aromatic nitrogens is 2. The van der Waals surface area contributed by atoms with Crippen LogP contribution in [0, 0.1) is 20.8 Å². The molecule has 4 aromatic rings. The summed E-state index contributed by atoms with van der Waals surface area (Å²) in [5.41, 5.74) is 6.59. The minimum absolute atomic E-state index is 0.160. The first-order chi connectivity index (χ1) is 17.3. The zero-order valence-corrected chi connectivity index (χ0v) is 21.0. The molecule has 0 aliphatic rings. The lowest BCUT2D eigenvalue weighted by molar-refractivity contribution is -0.115. The Kier molecular flexibility index (Phi) is 7.49. The summed E-state index contributed by atoms with van der Waals surface area (Å²) in [6.45, 7) is 6.28. The topological polar surface area (TPSA) is 85.2 Å². The van der Waals surface area contributed by atoms with Crippen LogP contribution in [0.2, 0.25) is 0 Å². The number of hydrogen-bond donors (Lipinski definition) is 2. The van der Waals surface area contributed by atoms with Crippen molar-refractivity contribution in [2.24, 2.45) is 0 Å². The van der Waals surface area contributed by atoms with Gasteiger partial charge in [0.1, 0.15) is 11.4 Å². The second-order valence-electron chi connectivity index (χ2n) is 8.81. The molecule has 7 heteroatoms. The molecule has 0 bridgehead atoms. The van der Waals surface area contributed by atoms with Crippen LogP contribution in [0.5, 0.6) is 5.75 Å². The SMILES string of the molecule is COc1cccc(-c2nn(Cc3ccccc3)cc2C(=O)NCC(=O)Nc2c(C)cc(C)cc2C)c1. The fraction of sp³-hybridized carbons (Fsp3) is 0.207. The number of anilines is 1. The molecule has 4 rings (SSSR count). The van der Waals surface area contributed by atoms with E-state index in [0.717, 1.165) is 33.5 Å². The van der Waals surface area contributed by atoms with Crippen LogP contribution in [-0.4, -0.2) is 35.2 Å². The van der Waals surface area contributed by atoms with E-state index >= 15 is 0 Å². The van der Waals surface area contributed by atoms with E-state index in [4.69, 9.17) is 9.84 Å². The van der Waals surface area contributed by atoms with Gasteiger partial charge in [0, 0.05) is 17.4 Å². The number of aryl methyl sites for hydroxylation is 3. The fourth-order valence-corrected chi connectivity index (χ4v) is 4.24. The van der Waals surface area contributed by atoms with Crippen molar-refractivity contribution in [1.82, 2.24) is 15.1 Å². The number of methoxy groups -OCH3 is 1. The van der Waals surface area contributed by atoms with E-state index in [0.29, 0.717) is 23.6 Å². The highest BCUT2D eigenvalue weighted by Crippen LogP contribution is 2.26. The molecule has 0 unspecified atom stereocenters. The molecule has 2 N–H and O–H groups in total. The van der Waals surface area contributed by atoms with Crippen molar-refractivity contribution in [3.8, 4) is 17.0 Å². The number of nitrogens with zero attached hydrogens (tertiary/aromatic N) is 2. The summed E-state index contributed by atoms with van der Waals surface area (Å²) in [5, 5.41) is 10.4. The average Bonchev–Trinajstić information content (AvgIpc) is 3.29. The summed E-state index contributed by atoms with van der Waals surface area (Å²) in [4.78, 5) is 25.9. The van der Waals surface area contributed by atoms with E-state index in [1.165, 1.54) is 0 Å². The minimum Gasteiger partial charge on any atom is -0.497 e. The Morgan fingerprint density at radius 2 is 1.67 bits per heavy atom. The lowest BCUT2D eigenvalue weighted by atomic mass is 10.1. The van der Waals surface area contributed by atoms with Gasteiger partial charge in [-0.2, -0.15) is 5.10 Å². The maximum Gasteiger partial charge on any atom is 0.255 e. The number of carbonyl (C=O) groups excluding carboxylic acids is 2. The summed E-state index contributed by atoms with van der Waals surface area (Å²) in [6.07, 6.45) is 1.71. The molecular formula is C29H30N4O3. The molecule has 1 heterocycles. The molecule has 36 heavy (non-hydrogen) atoms. The third kappa shape index (κ3) is 5.81. The number of rotatable bonds is 8. The zero-order valence-electron chi connectivity index (χ0n) is 21.0. The van der Waals surface area contributed by atoms with Crippen LogP contribution < -0.4 is 15.4 Å². The number of nitrogens with one attached hydrogen (secondary N) is 2. The van der Waals surface area contributed by atoms with E-state index in [-0.39, 0.29) is 18.4 Å². The predicted molar refractivity (Wildman–Crippen MR) is 141 cm³/mol. The van der Waals surface area contributed by atoms with Crippen molar-refractivity contribution in [3.63, 3.8) is 0 Å². The molecule has 184 valence electrons. The first-order valence-electron chi connectivity index (χ1n) is 11.8. The summed E-state index contributed by atoms with van der Waals surface area (Å²) in [6, 6.07) is 21.3. The monoisotopic (exact) mass is 482 g/mol. The molecule has 3 aromatic carbocycles. The highest BCUT2D eigenvalue weighted by Gasteiger charge is 2.20. The van der Waals surface area contributed by atoms with E-state index in [1.54, 1.807) is 18.0 Å². The molecule has 1 aromatic heterocycles. The summed E-state index contributed by atoms with van der Waals surface area (Å²) in [7, 11) is 1.59. The molecule has 0 spiro atoms. The van der Waals surface area contributed by atoms with Crippen LogP contribution in [0.4, 0.5) is 5.69 Å². The van der Waals surface area contributed by atoms with Crippen LogP contribution in [0.15, 0.2) is 72.9 Å². The van der Waals surface area contributed by atoms with Gasteiger partial charge in [-0.05, 0) is 49.6 Å². The van der Waals surface area contributed by atoms with Gasteiger partial charge in [-0.1, -0.05) is 60.2 Å². The quantitative estimate of drug-likeness (QED) is 0.374. The molecule has 2 amide bonds. The fourth-order valence-electron chi connectivity index (χ4n) is 4.24. The molecule has 0 saturated heterocycles. The lowest BCUT2D eigenvalue weighted by Crippen LogP contribution is -2.33. The number of benzene rings is 3. The van der Waals surface area contributed by atoms with Gasteiger partial charge < -0.3 is 15.4 Å². The van der Waals surface area contributed by atoms with E-state index in [1.807, 2.05) is 87.5 Å². The third-order valence-corrected chi connectivity index (χ3v) is 5.89. The number of carbonyl (C=O) groups is 2. The lowest BCUT2D eigenvalue weighted by Gasteiger charge is -2.13. The van der Waals surface area contributed by atoms with Gasteiger partial charge in [-0.3, -0.25) is 14.3 Å². The van der Waals surface area contributed by atoms with Crippen molar-refractivity contribution in [1.29, 1.82) is 0 Å². The van der Waals surface area contributed by atoms with Crippen LogP contribution in [0.1, 0.15) is 32.6 Å². The Labute approximate surface area is 211 Å². The predicted octanol–water partition coefficient (Wildman–Crippen LogP) is 4.90. The molecule has 0 radical (unpaired) electrons. The number of hydrogen-bond acceptors (Lipinski definition) is 4. The van der Waals surface area contributed by atoms with Crippen molar-refractivity contribution >= 4 is 17.5 Å². The second-order valence-corrected chi connectivity index (χ2v) is 8.81.